The van der Waals surface area contributed by atoms with Crippen molar-refractivity contribution in [3.8, 4) is 11.5 Å². The zero-order valence-corrected chi connectivity index (χ0v) is 10.6. The molecule has 0 aliphatic carbocycles. The highest BCUT2D eigenvalue weighted by atomic mass is 16.7. The number of carbonyl (C=O) groups excluding carboxylic acids is 1. The molecule has 2 rings (SSSR count). The summed E-state index contributed by atoms with van der Waals surface area (Å²) in [6, 6.07) is 5.47. The Morgan fingerprint density at radius 2 is 2.22 bits per heavy atom. The van der Waals surface area contributed by atoms with Crippen molar-refractivity contribution in [3.05, 3.63) is 23.8 Å². The molecule has 0 saturated carbocycles. The Bertz CT molecular complexity index is 446. The third-order valence-corrected chi connectivity index (χ3v) is 3.13. The van der Waals surface area contributed by atoms with Crippen LogP contribution in [0.4, 0.5) is 0 Å². The molecule has 0 spiro atoms. The number of hydrogen-bond donors (Lipinski definition) is 2. The van der Waals surface area contributed by atoms with Gasteiger partial charge in [-0.2, -0.15) is 0 Å². The number of hydrogen-bond acceptors (Lipinski definition) is 4. The molecule has 1 aliphatic heterocycles. The van der Waals surface area contributed by atoms with E-state index >= 15 is 0 Å². The Hall–Kier alpha value is -1.75. The van der Waals surface area contributed by atoms with E-state index in [1.54, 1.807) is 0 Å². The Labute approximate surface area is 106 Å². The highest BCUT2D eigenvalue weighted by Gasteiger charge is 2.20. The molecule has 5 heteroatoms. The molecule has 1 amide bonds. The van der Waals surface area contributed by atoms with Crippen molar-refractivity contribution in [1.29, 1.82) is 0 Å². The lowest BCUT2D eigenvalue weighted by atomic mass is 10.0. The number of carbonyl (C=O) groups is 1. The van der Waals surface area contributed by atoms with Crippen LogP contribution < -0.4 is 20.5 Å². The molecular weight excluding hydrogens is 232 g/mol. The maximum Gasteiger partial charge on any atom is 0.231 e. The first-order valence-electron chi connectivity index (χ1n) is 6.00. The first kappa shape index (κ1) is 12.7. The average Bonchev–Trinajstić information content (AvgIpc) is 2.83. The largest absolute Gasteiger partial charge is 0.454 e. The minimum absolute atomic E-state index is 0.0541. The summed E-state index contributed by atoms with van der Waals surface area (Å²) in [6.07, 6.45) is 0. The second-order valence-corrected chi connectivity index (χ2v) is 4.52. The summed E-state index contributed by atoms with van der Waals surface area (Å²) in [5.74, 6) is 1.17. The van der Waals surface area contributed by atoms with E-state index in [4.69, 9.17) is 15.2 Å². The van der Waals surface area contributed by atoms with Gasteiger partial charge in [0.25, 0.3) is 0 Å². The molecule has 5 nitrogen and oxygen atoms in total. The minimum atomic E-state index is -0.209. The summed E-state index contributed by atoms with van der Waals surface area (Å²) in [4.78, 5) is 11.8. The van der Waals surface area contributed by atoms with Gasteiger partial charge in [-0.1, -0.05) is 19.1 Å². The van der Waals surface area contributed by atoms with E-state index in [1.165, 1.54) is 0 Å². The van der Waals surface area contributed by atoms with Crippen LogP contribution >= 0.6 is 0 Å². The predicted molar refractivity (Wildman–Crippen MR) is 67.2 cm³/mol. The lowest BCUT2D eigenvalue weighted by molar-refractivity contribution is -0.125. The van der Waals surface area contributed by atoms with Gasteiger partial charge in [0.15, 0.2) is 11.5 Å². The molecule has 0 radical (unpaired) electrons. The third-order valence-electron chi connectivity index (χ3n) is 3.13. The Kier molecular flexibility index (Phi) is 3.72. The van der Waals surface area contributed by atoms with Gasteiger partial charge in [0.2, 0.25) is 12.7 Å². The van der Waals surface area contributed by atoms with E-state index < -0.39 is 0 Å². The van der Waals surface area contributed by atoms with Crippen molar-refractivity contribution in [2.75, 3.05) is 6.79 Å². The number of nitrogens with two attached hydrogens (primary N) is 1. The fraction of sp³-hybridized carbons (Fsp3) is 0.462. The predicted octanol–water partition coefficient (Wildman–Crippen LogP) is 1.01. The zero-order valence-electron chi connectivity index (χ0n) is 10.6. The van der Waals surface area contributed by atoms with Crippen molar-refractivity contribution >= 4 is 5.91 Å². The van der Waals surface area contributed by atoms with Crippen LogP contribution in [0.1, 0.15) is 19.4 Å². The van der Waals surface area contributed by atoms with E-state index in [0.29, 0.717) is 12.3 Å². The van der Waals surface area contributed by atoms with Crippen LogP contribution in [0.25, 0.3) is 0 Å². The fourth-order valence-corrected chi connectivity index (χ4v) is 1.71. The number of ether oxygens (including phenoxy) is 2. The SMILES string of the molecule is CC(N)C(C)C(=O)NCc1cccc2c1OCO2. The number of rotatable bonds is 4. The van der Waals surface area contributed by atoms with Gasteiger partial charge in [0.05, 0.1) is 0 Å². The molecule has 1 aromatic rings. The van der Waals surface area contributed by atoms with Crippen LogP contribution in [0, 0.1) is 5.92 Å². The van der Waals surface area contributed by atoms with E-state index in [1.807, 2.05) is 32.0 Å². The van der Waals surface area contributed by atoms with Gasteiger partial charge in [-0.05, 0) is 13.0 Å². The van der Waals surface area contributed by atoms with E-state index in [-0.39, 0.29) is 24.7 Å². The van der Waals surface area contributed by atoms with Crippen LogP contribution in [-0.4, -0.2) is 18.7 Å². The van der Waals surface area contributed by atoms with Gasteiger partial charge in [-0.3, -0.25) is 4.79 Å². The van der Waals surface area contributed by atoms with Crippen LogP contribution in [-0.2, 0) is 11.3 Å². The molecule has 1 aliphatic rings. The quantitative estimate of drug-likeness (QED) is 0.836. The lowest BCUT2D eigenvalue weighted by Gasteiger charge is -2.15. The molecule has 0 bridgehead atoms. The van der Waals surface area contributed by atoms with Crippen molar-refractivity contribution < 1.29 is 14.3 Å². The highest BCUT2D eigenvalue weighted by molar-refractivity contribution is 5.79. The summed E-state index contributed by atoms with van der Waals surface area (Å²) >= 11 is 0. The number of fused-ring (bicyclic) bond motifs is 1. The van der Waals surface area contributed by atoms with Gasteiger partial charge >= 0.3 is 0 Å². The normalized spacial score (nSPS) is 16.2. The van der Waals surface area contributed by atoms with Crippen LogP contribution in [0.15, 0.2) is 18.2 Å². The zero-order chi connectivity index (χ0) is 13.1. The van der Waals surface area contributed by atoms with Gasteiger partial charge in [-0.25, -0.2) is 0 Å². The third kappa shape index (κ3) is 2.56. The van der Waals surface area contributed by atoms with Crippen molar-refractivity contribution in [2.24, 2.45) is 11.7 Å². The summed E-state index contributed by atoms with van der Waals surface area (Å²) in [5.41, 5.74) is 6.60. The Morgan fingerprint density at radius 1 is 1.44 bits per heavy atom. The Balaban J connectivity index is 1.99. The van der Waals surface area contributed by atoms with Crippen LogP contribution in [0.3, 0.4) is 0 Å². The van der Waals surface area contributed by atoms with Crippen LogP contribution in [0.2, 0.25) is 0 Å². The number of benzene rings is 1. The second kappa shape index (κ2) is 5.27. The minimum Gasteiger partial charge on any atom is -0.454 e. The summed E-state index contributed by atoms with van der Waals surface area (Å²) < 4.78 is 10.6. The molecule has 0 aromatic heterocycles. The fourth-order valence-electron chi connectivity index (χ4n) is 1.71. The van der Waals surface area contributed by atoms with E-state index in [0.717, 1.165) is 11.3 Å². The maximum atomic E-state index is 11.8. The highest BCUT2D eigenvalue weighted by Crippen LogP contribution is 2.35. The summed E-state index contributed by atoms with van der Waals surface area (Å²) in [7, 11) is 0. The topological polar surface area (TPSA) is 73.6 Å². The first-order chi connectivity index (χ1) is 8.59. The number of amides is 1. The lowest BCUT2D eigenvalue weighted by Crippen LogP contribution is -2.38. The standard InChI is InChI=1S/C13H18N2O3/c1-8(9(2)14)13(16)15-6-10-4-3-5-11-12(10)18-7-17-11/h3-5,8-9H,6-7,14H2,1-2H3,(H,15,16). The second-order valence-electron chi connectivity index (χ2n) is 4.52. The molecule has 0 saturated heterocycles. The Morgan fingerprint density at radius 3 is 2.94 bits per heavy atom. The first-order valence-corrected chi connectivity index (χ1v) is 6.00. The maximum absolute atomic E-state index is 11.8. The number of nitrogens with one attached hydrogen (secondary N) is 1. The van der Waals surface area contributed by atoms with Crippen molar-refractivity contribution in [1.82, 2.24) is 5.32 Å². The van der Waals surface area contributed by atoms with Crippen molar-refractivity contribution in [2.45, 2.75) is 26.4 Å². The van der Waals surface area contributed by atoms with Gasteiger partial charge in [0.1, 0.15) is 0 Å². The average molecular weight is 250 g/mol. The molecule has 2 atom stereocenters. The molecule has 0 fully saturated rings. The molecule has 18 heavy (non-hydrogen) atoms. The van der Waals surface area contributed by atoms with Gasteiger partial charge in [0, 0.05) is 24.1 Å². The van der Waals surface area contributed by atoms with Crippen LogP contribution in [0.5, 0.6) is 11.5 Å². The number of para-hydroxylation sites is 1. The summed E-state index contributed by atoms with van der Waals surface area (Å²) in [6.45, 7) is 4.29. The smallest absolute Gasteiger partial charge is 0.231 e. The monoisotopic (exact) mass is 250 g/mol. The van der Waals surface area contributed by atoms with Gasteiger partial charge in [-0.15, -0.1) is 0 Å². The van der Waals surface area contributed by atoms with Crippen molar-refractivity contribution in [3.63, 3.8) is 0 Å². The molecule has 98 valence electrons. The molecular formula is C13H18N2O3. The summed E-state index contributed by atoms with van der Waals surface area (Å²) in [5, 5.41) is 2.86. The van der Waals surface area contributed by atoms with E-state index in [9.17, 15) is 4.79 Å². The van der Waals surface area contributed by atoms with Gasteiger partial charge < -0.3 is 20.5 Å². The van der Waals surface area contributed by atoms with E-state index in [2.05, 4.69) is 5.32 Å². The molecule has 3 N–H and O–H groups in total. The molecule has 1 heterocycles. The molecule has 1 aromatic carbocycles. The molecule has 2 unspecified atom stereocenters.